The van der Waals surface area contributed by atoms with Crippen LogP contribution in [0.4, 0.5) is 0 Å². The molecule has 8 heteroatoms. The highest BCUT2D eigenvalue weighted by molar-refractivity contribution is 9.11. The van der Waals surface area contributed by atoms with Crippen LogP contribution in [0, 0.1) is 0 Å². The lowest BCUT2D eigenvalue weighted by atomic mass is 10.2. The van der Waals surface area contributed by atoms with Crippen molar-refractivity contribution in [3.05, 3.63) is 44.6 Å². The fourth-order valence-electron chi connectivity index (χ4n) is 1.72. The van der Waals surface area contributed by atoms with E-state index in [0.29, 0.717) is 21.9 Å². The quantitative estimate of drug-likeness (QED) is 0.797. The molecule has 3 rings (SSSR count). The zero-order valence-corrected chi connectivity index (χ0v) is 12.9. The van der Waals surface area contributed by atoms with Crippen molar-refractivity contribution in [2.24, 2.45) is 0 Å². The minimum Gasteiger partial charge on any atom is -0.454 e. The predicted octanol–water partition coefficient (Wildman–Crippen LogP) is 2.31. The summed E-state index contributed by atoms with van der Waals surface area (Å²) >= 11 is 4.55. The van der Waals surface area contributed by atoms with Crippen molar-refractivity contribution in [1.29, 1.82) is 0 Å². The first-order valence-electron chi connectivity index (χ1n) is 5.89. The Balaban J connectivity index is 1.63. The number of benzene rings is 1. The van der Waals surface area contributed by atoms with Gasteiger partial charge in [-0.3, -0.25) is 20.4 Å². The van der Waals surface area contributed by atoms with Crippen molar-refractivity contribution in [1.82, 2.24) is 10.9 Å². The highest BCUT2D eigenvalue weighted by Crippen LogP contribution is 2.32. The van der Waals surface area contributed by atoms with Gasteiger partial charge in [-0.25, -0.2) is 0 Å². The molecular weight excluding hydrogens is 360 g/mol. The van der Waals surface area contributed by atoms with Gasteiger partial charge in [0.1, 0.15) is 0 Å². The number of thiophene rings is 1. The summed E-state index contributed by atoms with van der Waals surface area (Å²) in [5.41, 5.74) is 5.08. The second-order valence-corrected chi connectivity index (χ2v) is 6.54. The Morgan fingerprint density at radius 1 is 1.05 bits per heavy atom. The lowest BCUT2D eigenvalue weighted by Crippen LogP contribution is -2.41. The zero-order valence-electron chi connectivity index (χ0n) is 10.5. The van der Waals surface area contributed by atoms with Gasteiger partial charge < -0.3 is 9.47 Å². The number of amides is 2. The van der Waals surface area contributed by atoms with Gasteiger partial charge >= 0.3 is 0 Å². The minimum absolute atomic E-state index is 0.143. The molecule has 0 radical (unpaired) electrons. The largest absolute Gasteiger partial charge is 0.454 e. The van der Waals surface area contributed by atoms with E-state index in [2.05, 4.69) is 26.8 Å². The Kier molecular flexibility index (Phi) is 3.80. The maximum atomic E-state index is 12.0. The van der Waals surface area contributed by atoms with Gasteiger partial charge in [0, 0.05) is 5.56 Å². The summed E-state index contributed by atoms with van der Waals surface area (Å²) in [6, 6.07) is 8.23. The van der Waals surface area contributed by atoms with Crippen LogP contribution in [0.2, 0.25) is 0 Å². The molecule has 0 unspecified atom stereocenters. The van der Waals surface area contributed by atoms with E-state index in [-0.39, 0.29) is 12.7 Å². The smallest absolute Gasteiger partial charge is 0.279 e. The molecule has 0 bridgehead atoms. The molecule has 1 aliphatic heterocycles. The lowest BCUT2D eigenvalue weighted by molar-refractivity contribution is 0.0848. The minimum atomic E-state index is -0.433. The highest BCUT2D eigenvalue weighted by Gasteiger charge is 2.17. The Labute approximate surface area is 132 Å². The Morgan fingerprint density at radius 2 is 1.81 bits per heavy atom. The second-order valence-electron chi connectivity index (χ2n) is 4.08. The molecule has 2 aromatic rings. The van der Waals surface area contributed by atoms with Crippen LogP contribution in [-0.2, 0) is 0 Å². The third kappa shape index (κ3) is 3.01. The summed E-state index contributed by atoms with van der Waals surface area (Å²) in [5.74, 6) is 0.298. The lowest BCUT2D eigenvalue weighted by Gasteiger charge is -2.06. The highest BCUT2D eigenvalue weighted by atomic mass is 79.9. The van der Waals surface area contributed by atoms with Gasteiger partial charge in [-0.15, -0.1) is 11.3 Å². The molecule has 2 amide bonds. The van der Waals surface area contributed by atoms with Crippen LogP contribution >= 0.6 is 27.3 Å². The second kappa shape index (κ2) is 5.74. The normalized spacial score (nSPS) is 12.0. The van der Waals surface area contributed by atoms with Gasteiger partial charge in [-0.05, 0) is 46.3 Å². The number of hydrogen-bond acceptors (Lipinski definition) is 5. The van der Waals surface area contributed by atoms with Crippen molar-refractivity contribution < 1.29 is 19.1 Å². The van der Waals surface area contributed by atoms with E-state index >= 15 is 0 Å². The SMILES string of the molecule is O=C(NNC(=O)c1ccc(Br)s1)c1ccc2c(c1)OCO2. The summed E-state index contributed by atoms with van der Waals surface area (Å²) in [6.07, 6.45) is 0. The Hall–Kier alpha value is -2.06. The van der Waals surface area contributed by atoms with E-state index in [0.717, 1.165) is 3.79 Å². The fraction of sp³-hybridized carbons (Fsp3) is 0.0769. The summed E-state index contributed by atoms with van der Waals surface area (Å²) < 4.78 is 11.2. The molecule has 0 aliphatic carbocycles. The fourth-order valence-corrected chi connectivity index (χ4v) is 3.00. The molecular formula is C13H9BrN2O4S. The van der Waals surface area contributed by atoms with Crippen molar-refractivity contribution >= 4 is 39.1 Å². The van der Waals surface area contributed by atoms with Crippen LogP contribution in [-0.4, -0.2) is 18.6 Å². The van der Waals surface area contributed by atoms with E-state index in [1.54, 1.807) is 30.3 Å². The van der Waals surface area contributed by atoms with Gasteiger partial charge in [-0.2, -0.15) is 0 Å². The molecule has 0 spiro atoms. The molecule has 21 heavy (non-hydrogen) atoms. The number of carbonyl (C=O) groups is 2. The number of hydrazine groups is 1. The molecule has 0 fully saturated rings. The first kappa shape index (κ1) is 13.9. The molecule has 2 heterocycles. The van der Waals surface area contributed by atoms with Crippen LogP contribution in [0.25, 0.3) is 0 Å². The van der Waals surface area contributed by atoms with Gasteiger partial charge in [0.2, 0.25) is 6.79 Å². The maximum absolute atomic E-state index is 12.0. The molecule has 0 atom stereocenters. The van der Waals surface area contributed by atoms with Crippen LogP contribution in [0.1, 0.15) is 20.0 Å². The van der Waals surface area contributed by atoms with Crippen molar-refractivity contribution in [2.75, 3.05) is 6.79 Å². The predicted molar refractivity (Wildman–Crippen MR) is 79.5 cm³/mol. The van der Waals surface area contributed by atoms with E-state index in [9.17, 15) is 9.59 Å². The molecule has 0 saturated carbocycles. The van der Waals surface area contributed by atoms with Crippen molar-refractivity contribution in [3.8, 4) is 11.5 Å². The van der Waals surface area contributed by atoms with Gasteiger partial charge in [0.05, 0.1) is 8.66 Å². The number of hydrogen-bond donors (Lipinski definition) is 2. The Morgan fingerprint density at radius 3 is 2.57 bits per heavy atom. The van der Waals surface area contributed by atoms with Crippen molar-refractivity contribution in [2.45, 2.75) is 0 Å². The molecule has 0 saturated heterocycles. The van der Waals surface area contributed by atoms with Gasteiger partial charge in [0.15, 0.2) is 11.5 Å². The van der Waals surface area contributed by atoms with Crippen molar-refractivity contribution in [3.63, 3.8) is 0 Å². The number of nitrogens with one attached hydrogen (secondary N) is 2. The zero-order chi connectivity index (χ0) is 14.8. The maximum Gasteiger partial charge on any atom is 0.279 e. The molecule has 1 aromatic heterocycles. The summed E-state index contributed by atoms with van der Waals surface area (Å²) in [5, 5.41) is 0. The molecule has 1 aliphatic rings. The first-order valence-corrected chi connectivity index (χ1v) is 7.50. The summed E-state index contributed by atoms with van der Waals surface area (Å²) in [6.45, 7) is 0.143. The van der Waals surface area contributed by atoms with Crippen LogP contribution in [0.3, 0.4) is 0 Å². The standard InChI is InChI=1S/C13H9BrN2O4S/c14-11-4-3-10(21-11)13(18)16-15-12(17)7-1-2-8-9(5-7)20-6-19-8/h1-5H,6H2,(H,15,17)(H,16,18). The molecule has 1 aromatic carbocycles. The van der Waals surface area contributed by atoms with E-state index in [1.807, 2.05) is 0 Å². The van der Waals surface area contributed by atoms with Gasteiger partial charge in [0.25, 0.3) is 11.8 Å². The third-order valence-corrected chi connectivity index (χ3v) is 4.34. The van der Waals surface area contributed by atoms with Crippen LogP contribution in [0.15, 0.2) is 34.1 Å². The molecule has 108 valence electrons. The molecule has 6 nitrogen and oxygen atoms in total. The first-order chi connectivity index (χ1) is 10.1. The number of carbonyl (C=O) groups excluding carboxylic acids is 2. The van der Waals surface area contributed by atoms with E-state index in [4.69, 9.17) is 9.47 Å². The Bertz CT molecular complexity index is 716. The monoisotopic (exact) mass is 368 g/mol. The third-order valence-electron chi connectivity index (χ3n) is 2.72. The number of halogens is 1. The van der Waals surface area contributed by atoms with E-state index in [1.165, 1.54) is 11.3 Å². The van der Waals surface area contributed by atoms with Crippen LogP contribution < -0.4 is 20.3 Å². The topological polar surface area (TPSA) is 76.7 Å². The average Bonchev–Trinajstić information content (AvgIpc) is 3.12. The van der Waals surface area contributed by atoms with Gasteiger partial charge in [-0.1, -0.05) is 0 Å². The summed E-state index contributed by atoms with van der Waals surface area (Å²) in [7, 11) is 0. The van der Waals surface area contributed by atoms with E-state index < -0.39 is 5.91 Å². The molecule has 2 N–H and O–H groups in total. The summed E-state index contributed by atoms with van der Waals surface area (Å²) in [4.78, 5) is 24.3. The average molecular weight is 369 g/mol. The van der Waals surface area contributed by atoms with Crippen LogP contribution in [0.5, 0.6) is 11.5 Å². The number of ether oxygens (including phenoxy) is 2. The number of rotatable bonds is 2. The number of fused-ring (bicyclic) bond motifs is 1.